The number of amides is 1. The van der Waals surface area contributed by atoms with Crippen molar-refractivity contribution in [3.8, 4) is 17.2 Å². The van der Waals surface area contributed by atoms with Crippen molar-refractivity contribution in [1.29, 1.82) is 0 Å². The number of rotatable bonds is 5. The van der Waals surface area contributed by atoms with Crippen LogP contribution in [0.2, 0.25) is 0 Å². The van der Waals surface area contributed by atoms with Crippen molar-refractivity contribution in [3.05, 3.63) is 29.6 Å². The highest BCUT2D eigenvalue weighted by molar-refractivity contribution is 5.93. The molecular formula is C18H24N6O3. The van der Waals surface area contributed by atoms with Gasteiger partial charge >= 0.3 is 0 Å². The molecule has 1 aromatic heterocycles. The van der Waals surface area contributed by atoms with E-state index >= 15 is 0 Å². The summed E-state index contributed by atoms with van der Waals surface area (Å²) in [5.74, 6) is 1.19. The van der Waals surface area contributed by atoms with E-state index in [4.69, 9.17) is 9.47 Å². The number of benzene rings is 1. The first-order valence-corrected chi connectivity index (χ1v) is 9.26. The number of fused-ring (bicyclic) bond motifs is 1. The molecule has 9 nitrogen and oxygen atoms in total. The van der Waals surface area contributed by atoms with Gasteiger partial charge in [0.2, 0.25) is 0 Å². The topological polar surface area (TPSA) is 93.5 Å². The number of carbonyl (C=O) groups excluding carboxylic acids is 1. The molecule has 0 bridgehead atoms. The lowest BCUT2D eigenvalue weighted by Gasteiger charge is -2.26. The van der Waals surface area contributed by atoms with E-state index < -0.39 is 0 Å². The molecule has 1 fully saturated rings. The van der Waals surface area contributed by atoms with Crippen molar-refractivity contribution in [2.75, 3.05) is 52.5 Å². The van der Waals surface area contributed by atoms with Crippen LogP contribution in [0.5, 0.6) is 11.5 Å². The van der Waals surface area contributed by atoms with Crippen LogP contribution in [-0.4, -0.2) is 78.3 Å². The zero-order valence-electron chi connectivity index (χ0n) is 15.4. The van der Waals surface area contributed by atoms with Gasteiger partial charge in [0, 0.05) is 45.3 Å². The predicted molar refractivity (Wildman–Crippen MR) is 98.7 cm³/mol. The maximum absolute atomic E-state index is 12.5. The summed E-state index contributed by atoms with van der Waals surface area (Å²) in [6, 6.07) is 5.57. The maximum atomic E-state index is 12.5. The summed E-state index contributed by atoms with van der Waals surface area (Å²) >= 11 is 0. The van der Waals surface area contributed by atoms with Gasteiger partial charge in [0.05, 0.1) is 11.4 Å². The molecule has 0 spiro atoms. The molecule has 0 aliphatic carbocycles. The second-order valence-corrected chi connectivity index (χ2v) is 6.61. The molecular weight excluding hydrogens is 348 g/mol. The molecule has 4 rings (SSSR count). The molecule has 1 aromatic carbocycles. The number of hydrogen-bond donors (Lipinski definition) is 2. The Morgan fingerprint density at radius 2 is 2.00 bits per heavy atom. The summed E-state index contributed by atoms with van der Waals surface area (Å²) in [6.07, 6.45) is 0. The molecule has 27 heavy (non-hydrogen) atoms. The second kappa shape index (κ2) is 7.93. The minimum Gasteiger partial charge on any atom is -0.486 e. The van der Waals surface area contributed by atoms with Crippen LogP contribution in [0.15, 0.2) is 18.2 Å². The number of ether oxygens (including phenoxy) is 2. The number of carbonyl (C=O) groups is 1. The quantitative estimate of drug-likeness (QED) is 0.762. The maximum Gasteiger partial charge on any atom is 0.273 e. The molecule has 2 N–H and O–H groups in total. The fourth-order valence-electron chi connectivity index (χ4n) is 3.29. The van der Waals surface area contributed by atoms with Gasteiger partial charge in [-0.1, -0.05) is 5.21 Å². The molecule has 2 aliphatic heterocycles. The van der Waals surface area contributed by atoms with Crippen LogP contribution in [0.25, 0.3) is 5.69 Å². The van der Waals surface area contributed by atoms with Crippen LogP contribution < -0.4 is 20.1 Å². The molecule has 2 aliphatic rings. The Kier molecular flexibility index (Phi) is 5.21. The van der Waals surface area contributed by atoms with Crippen LogP contribution in [0.4, 0.5) is 0 Å². The monoisotopic (exact) mass is 372 g/mol. The summed E-state index contributed by atoms with van der Waals surface area (Å²) in [4.78, 5) is 14.8. The third-order valence-corrected chi connectivity index (χ3v) is 4.80. The van der Waals surface area contributed by atoms with E-state index in [0.29, 0.717) is 42.6 Å². The van der Waals surface area contributed by atoms with Gasteiger partial charge in [-0.15, -0.1) is 5.10 Å². The Labute approximate surface area is 157 Å². The highest BCUT2D eigenvalue weighted by Crippen LogP contribution is 2.32. The van der Waals surface area contributed by atoms with Crippen LogP contribution in [0.1, 0.15) is 16.2 Å². The van der Waals surface area contributed by atoms with E-state index in [0.717, 1.165) is 38.4 Å². The van der Waals surface area contributed by atoms with Gasteiger partial charge in [-0.2, -0.15) is 0 Å². The van der Waals surface area contributed by atoms with Crippen molar-refractivity contribution in [2.45, 2.75) is 6.92 Å². The van der Waals surface area contributed by atoms with Gasteiger partial charge in [-0.3, -0.25) is 9.69 Å². The summed E-state index contributed by atoms with van der Waals surface area (Å²) in [5, 5.41) is 14.5. The summed E-state index contributed by atoms with van der Waals surface area (Å²) in [6.45, 7) is 8.35. The largest absolute Gasteiger partial charge is 0.486 e. The SMILES string of the molecule is Cc1c(C(=O)NCCN2CCNCC2)nnn1-c1ccc2c(c1)OCCO2. The van der Waals surface area contributed by atoms with Gasteiger partial charge in [0.15, 0.2) is 17.2 Å². The van der Waals surface area contributed by atoms with Gasteiger partial charge in [-0.25, -0.2) is 4.68 Å². The van der Waals surface area contributed by atoms with E-state index in [9.17, 15) is 4.79 Å². The molecule has 0 saturated carbocycles. The van der Waals surface area contributed by atoms with Crippen molar-refractivity contribution >= 4 is 5.91 Å². The normalized spacial score (nSPS) is 16.9. The number of piperazine rings is 1. The molecule has 0 radical (unpaired) electrons. The van der Waals surface area contributed by atoms with Gasteiger partial charge in [0.25, 0.3) is 5.91 Å². The Balaban J connectivity index is 1.41. The molecule has 1 amide bonds. The zero-order valence-corrected chi connectivity index (χ0v) is 15.4. The minimum atomic E-state index is -0.202. The fraction of sp³-hybridized carbons (Fsp3) is 0.500. The predicted octanol–water partition coefficient (Wildman–Crippen LogP) is -0.0181. The van der Waals surface area contributed by atoms with E-state index in [-0.39, 0.29) is 5.91 Å². The lowest BCUT2D eigenvalue weighted by Crippen LogP contribution is -2.46. The van der Waals surface area contributed by atoms with Gasteiger partial charge in [0.1, 0.15) is 13.2 Å². The Morgan fingerprint density at radius 1 is 1.22 bits per heavy atom. The fourth-order valence-corrected chi connectivity index (χ4v) is 3.29. The first-order valence-electron chi connectivity index (χ1n) is 9.26. The van der Waals surface area contributed by atoms with E-state index in [1.807, 2.05) is 25.1 Å². The van der Waals surface area contributed by atoms with Crippen molar-refractivity contribution in [3.63, 3.8) is 0 Å². The molecule has 3 heterocycles. The van der Waals surface area contributed by atoms with Gasteiger partial charge in [-0.05, 0) is 19.1 Å². The van der Waals surface area contributed by atoms with E-state index in [2.05, 4.69) is 25.8 Å². The Hall–Kier alpha value is -2.65. The minimum absolute atomic E-state index is 0.202. The van der Waals surface area contributed by atoms with Crippen LogP contribution in [-0.2, 0) is 0 Å². The molecule has 0 unspecified atom stereocenters. The smallest absolute Gasteiger partial charge is 0.273 e. The Morgan fingerprint density at radius 3 is 2.81 bits per heavy atom. The first-order chi connectivity index (χ1) is 13.2. The summed E-state index contributed by atoms with van der Waals surface area (Å²) < 4.78 is 12.8. The first kappa shape index (κ1) is 17.7. The molecule has 1 saturated heterocycles. The number of nitrogens with one attached hydrogen (secondary N) is 2. The van der Waals surface area contributed by atoms with Crippen LogP contribution in [0.3, 0.4) is 0 Å². The molecule has 9 heteroatoms. The average Bonchev–Trinajstić information content (AvgIpc) is 3.10. The lowest BCUT2D eigenvalue weighted by molar-refractivity contribution is 0.0941. The molecule has 144 valence electrons. The summed E-state index contributed by atoms with van der Waals surface area (Å²) in [7, 11) is 0. The highest BCUT2D eigenvalue weighted by Gasteiger charge is 2.19. The van der Waals surface area contributed by atoms with Gasteiger partial charge < -0.3 is 20.1 Å². The molecule has 2 aromatic rings. The highest BCUT2D eigenvalue weighted by atomic mass is 16.6. The zero-order chi connectivity index (χ0) is 18.6. The van der Waals surface area contributed by atoms with E-state index in [1.54, 1.807) is 4.68 Å². The Bertz CT molecular complexity index is 815. The average molecular weight is 372 g/mol. The van der Waals surface area contributed by atoms with Crippen LogP contribution >= 0.6 is 0 Å². The number of nitrogens with zero attached hydrogens (tertiary/aromatic N) is 4. The molecule has 0 atom stereocenters. The second-order valence-electron chi connectivity index (χ2n) is 6.61. The van der Waals surface area contributed by atoms with Crippen LogP contribution in [0, 0.1) is 6.92 Å². The summed E-state index contributed by atoms with van der Waals surface area (Å²) in [5.41, 5.74) is 1.81. The van der Waals surface area contributed by atoms with Crippen molar-refractivity contribution in [2.24, 2.45) is 0 Å². The lowest BCUT2D eigenvalue weighted by atomic mass is 10.2. The van der Waals surface area contributed by atoms with Crippen molar-refractivity contribution in [1.82, 2.24) is 30.5 Å². The van der Waals surface area contributed by atoms with E-state index in [1.165, 1.54) is 0 Å². The van der Waals surface area contributed by atoms with Crippen molar-refractivity contribution < 1.29 is 14.3 Å². The third kappa shape index (κ3) is 3.88. The number of aromatic nitrogens is 3. The standard InChI is InChI=1S/C18H24N6O3/c1-13-17(18(25)20-6-9-23-7-4-19-5-8-23)21-22-24(13)14-2-3-15-16(12-14)27-11-10-26-15/h2-3,12,19H,4-11H2,1H3,(H,20,25). The number of hydrogen-bond acceptors (Lipinski definition) is 7. The third-order valence-electron chi connectivity index (χ3n) is 4.80.